The number of hydrogen-bond donors (Lipinski definition) is 1. The number of imidazole rings is 1. The van der Waals surface area contributed by atoms with Crippen LogP contribution >= 0.6 is 0 Å². The van der Waals surface area contributed by atoms with Crippen LogP contribution < -0.4 is 15.5 Å². The van der Waals surface area contributed by atoms with Crippen molar-refractivity contribution in [3.63, 3.8) is 0 Å². The summed E-state index contributed by atoms with van der Waals surface area (Å²) >= 11 is 0. The van der Waals surface area contributed by atoms with E-state index in [2.05, 4.69) is 14.8 Å². The van der Waals surface area contributed by atoms with E-state index in [1.807, 2.05) is 40.9 Å². The highest BCUT2D eigenvalue weighted by molar-refractivity contribution is 5.65. The van der Waals surface area contributed by atoms with Gasteiger partial charge in [-0.15, -0.1) is 5.10 Å². The Bertz CT molecular complexity index is 1430. The van der Waals surface area contributed by atoms with Gasteiger partial charge in [-0.1, -0.05) is 18.2 Å². The van der Waals surface area contributed by atoms with Gasteiger partial charge in [-0.05, 0) is 54.8 Å². The smallest absolute Gasteiger partial charge is 0.404 e. The van der Waals surface area contributed by atoms with Gasteiger partial charge in [0.1, 0.15) is 29.3 Å². The predicted octanol–water partition coefficient (Wildman–Crippen LogP) is 4.34. The van der Waals surface area contributed by atoms with Gasteiger partial charge in [0.25, 0.3) is 0 Å². The molecule has 0 spiro atoms. The molecule has 2 aliphatic heterocycles. The van der Waals surface area contributed by atoms with Crippen LogP contribution in [0.15, 0.2) is 60.8 Å². The van der Waals surface area contributed by atoms with E-state index in [-0.39, 0.29) is 18.0 Å². The van der Waals surface area contributed by atoms with Crippen molar-refractivity contribution in [2.75, 3.05) is 29.4 Å². The molecule has 4 aromatic rings. The minimum absolute atomic E-state index is 0.0792. The van der Waals surface area contributed by atoms with Crippen molar-refractivity contribution >= 4 is 23.4 Å². The summed E-state index contributed by atoms with van der Waals surface area (Å²) in [6.07, 6.45) is 4.29. The number of nitrogens with two attached hydrogens (primary N) is 1. The summed E-state index contributed by atoms with van der Waals surface area (Å²) in [4.78, 5) is 24.9. The van der Waals surface area contributed by atoms with E-state index < -0.39 is 6.09 Å². The highest BCUT2D eigenvalue weighted by Gasteiger charge is 2.28. The molecular formula is C27H28FN7O2. The molecule has 10 heteroatoms. The molecule has 3 aromatic heterocycles. The summed E-state index contributed by atoms with van der Waals surface area (Å²) in [5.41, 5.74) is 8.43. The zero-order chi connectivity index (χ0) is 25.4. The summed E-state index contributed by atoms with van der Waals surface area (Å²) in [5, 5.41) is 4.94. The molecule has 190 valence electrons. The molecular weight excluding hydrogens is 473 g/mol. The molecule has 9 nitrogen and oxygen atoms in total. The zero-order valence-electron chi connectivity index (χ0n) is 20.3. The lowest BCUT2D eigenvalue weighted by Crippen LogP contribution is -2.39. The number of pyridine rings is 1. The van der Waals surface area contributed by atoms with Gasteiger partial charge < -0.3 is 20.3 Å². The number of benzene rings is 1. The van der Waals surface area contributed by atoms with Crippen LogP contribution in [0.1, 0.15) is 37.3 Å². The van der Waals surface area contributed by atoms with Crippen molar-refractivity contribution in [2.24, 2.45) is 5.73 Å². The Hall–Kier alpha value is -4.21. The van der Waals surface area contributed by atoms with Crippen molar-refractivity contribution in [3.05, 3.63) is 72.2 Å². The van der Waals surface area contributed by atoms with Gasteiger partial charge >= 0.3 is 6.09 Å². The van der Waals surface area contributed by atoms with Crippen LogP contribution in [-0.2, 0) is 4.74 Å². The lowest BCUT2D eigenvalue weighted by molar-refractivity contribution is 0.0911. The number of halogens is 1. The molecule has 1 amide bonds. The molecule has 5 heterocycles. The molecule has 0 radical (unpaired) electrons. The molecule has 37 heavy (non-hydrogen) atoms. The fraction of sp³-hybridized carbons (Fsp3) is 0.333. The van der Waals surface area contributed by atoms with E-state index >= 15 is 0 Å². The molecule has 0 saturated carbocycles. The van der Waals surface area contributed by atoms with Crippen LogP contribution in [0, 0.1) is 5.82 Å². The molecule has 2 saturated heterocycles. The second-order valence-corrected chi connectivity index (χ2v) is 9.52. The molecule has 0 aliphatic carbocycles. The number of amides is 1. The monoisotopic (exact) mass is 501 g/mol. The summed E-state index contributed by atoms with van der Waals surface area (Å²) in [6.45, 7) is 2.30. The maximum Gasteiger partial charge on any atom is 0.404 e. The maximum absolute atomic E-state index is 13.9. The van der Waals surface area contributed by atoms with Crippen LogP contribution in [0.2, 0.25) is 0 Å². The topological polar surface area (TPSA) is 102 Å². The molecule has 2 fully saturated rings. The zero-order valence-corrected chi connectivity index (χ0v) is 20.3. The van der Waals surface area contributed by atoms with Gasteiger partial charge in [-0.25, -0.2) is 23.7 Å². The highest BCUT2D eigenvalue weighted by Crippen LogP contribution is 2.36. The van der Waals surface area contributed by atoms with E-state index in [0.717, 1.165) is 66.7 Å². The molecule has 1 aromatic carbocycles. The quantitative estimate of drug-likeness (QED) is 0.434. The first kappa shape index (κ1) is 23.2. The average Bonchev–Trinajstić information content (AvgIpc) is 3.56. The van der Waals surface area contributed by atoms with Gasteiger partial charge in [0.05, 0.1) is 17.9 Å². The Morgan fingerprint density at radius 2 is 1.84 bits per heavy atom. The second kappa shape index (κ2) is 9.68. The Kier molecular flexibility index (Phi) is 6.07. The third-order valence-corrected chi connectivity index (χ3v) is 7.17. The van der Waals surface area contributed by atoms with E-state index in [9.17, 15) is 9.18 Å². The number of carbonyl (C=O) groups is 1. The van der Waals surface area contributed by atoms with Gasteiger partial charge in [0.15, 0.2) is 5.65 Å². The number of primary amides is 1. The van der Waals surface area contributed by atoms with Crippen LogP contribution in [0.5, 0.6) is 0 Å². The Morgan fingerprint density at radius 3 is 2.65 bits per heavy atom. The van der Waals surface area contributed by atoms with E-state index in [1.54, 1.807) is 18.3 Å². The van der Waals surface area contributed by atoms with Gasteiger partial charge in [-0.2, -0.15) is 0 Å². The minimum atomic E-state index is -0.728. The number of carbonyl (C=O) groups excluding carboxylic acids is 1. The molecule has 1 atom stereocenters. The van der Waals surface area contributed by atoms with Crippen LogP contribution in [-0.4, -0.2) is 51.4 Å². The van der Waals surface area contributed by atoms with Gasteiger partial charge in [-0.3, -0.25) is 0 Å². The van der Waals surface area contributed by atoms with Crippen LogP contribution in [0.3, 0.4) is 0 Å². The first-order chi connectivity index (χ1) is 18.0. The molecule has 0 bridgehead atoms. The number of hydrogen-bond acceptors (Lipinski definition) is 7. The standard InChI is InChI=1S/C27H28FN7O2/c28-19-5-1-4-18(16-19)22-7-3-13-34(22)26-10-9-24-30-17-23(35(24)32-26)21-6-2-8-25(31-21)33-14-11-20(12-15-33)37-27(29)36/h1-2,4-6,8-10,16-17,20,22H,3,7,11-15H2,(H2,29,36)/t22-/m1/s1. The average molecular weight is 502 g/mol. The Morgan fingerprint density at radius 1 is 1.00 bits per heavy atom. The first-order valence-electron chi connectivity index (χ1n) is 12.6. The van der Waals surface area contributed by atoms with Crippen molar-refractivity contribution in [3.8, 4) is 11.4 Å². The Balaban J connectivity index is 1.27. The van der Waals surface area contributed by atoms with E-state index in [1.165, 1.54) is 6.07 Å². The summed E-state index contributed by atoms with van der Waals surface area (Å²) in [6, 6.07) is 16.8. The normalized spacial score (nSPS) is 18.5. The second-order valence-electron chi connectivity index (χ2n) is 9.52. The van der Waals surface area contributed by atoms with Crippen molar-refractivity contribution in [2.45, 2.75) is 37.8 Å². The fourth-order valence-electron chi connectivity index (χ4n) is 5.40. The SMILES string of the molecule is NC(=O)OC1CCN(c2cccc(-c3cnc4ccc(N5CCC[C@@H]5c5cccc(F)c5)nn34)n2)CC1. The highest BCUT2D eigenvalue weighted by atomic mass is 19.1. The van der Waals surface area contributed by atoms with E-state index in [0.29, 0.717) is 12.8 Å². The van der Waals surface area contributed by atoms with E-state index in [4.69, 9.17) is 20.6 Å². The van der Waals surface area contributed by atoms with Crippen LogP contribution in [0.25, 0.3) is 17.0 Å². The fourth-order valence-corrected chi connectivity index (χ4v) is 5.40. The number of aromatic nitrogens is 4. The van der Waals surface area contributed by atoms with Gasteiger partial charge in [0.2, 0.25) is 0 Å². The maximum atomic E-state index is 13.9. The number of rotatable bonds is 5. The third-order valence-electron chi connectivity index (χ3n) is 7.17. The predicted molar refractivity (Wildman–Crippen MR) is 138 cm³/mol. The summed E-state index contributed by atoms with van der Waals surface area (Å²) in [5.74, 6) is 1.46. The molecule has 2 N–H and O–H groups in total. The lowest BCUT2D eigenvalue weighted by atomic mass is 10.0. The minimum Gasteiger partial charge on any atom is -0.446 e. The number of nitrogens with zero attached hydrogens (tertiary/aromatic N) is 6. The molecule has 0 unspecified atom stereocenters. The summed E-state index contributed by atoms with van der Waals surface area (Å²) in [7, 11) is 0. The third kappa shape index (κ3) is 4.66. The van der Waals surface area contributed by atoms with Crippen molar-refractivity contribution in [1.82, 2.24) is 19.6 Å². The Labute approximate surface area is 213 Å². The molecule has 6 rings (SSSR count). The molecule has 2 aliphatic rings. The van der Waals surface area contributed by atoms with Gasteiger partial charge in [0, 0.05) is 32.5 Å². The number of piperidine rings is 1. The summed E-state index contributed by atoms with van der Waals surface area (Å²) < 4.78 is 20.9. The first-order valence-corrected chi connectivity index (χ1v) is 12.6. The van der Waals surface area contributed by atoms with Crippen molar-refractivity contribution < 1.29 is 13.9 Å². The van der Waals surface area contributed by atoms with Crippen molar-refractivity contribution in [1.29, 1.82) is 0 Å². The van der Waals surface area contributed by atoms with Crippen LogP contribution in [0.4, 0.5) is 20.8 Å². The number of anilines is 2. The number of ether oxygens (including phenoxy) is 1. The number of fused-ring (bicyclic) bond motifs is 1. The lowest BCUT2D eigenvalue weighted by Gasteiger charge is -2.32. The largest absolute Gasteiger partial charge is 0.446 e.